The first-order valence-electron chi connectivity index (χ1n) is 4.03. The molecule has 2 rings (SSSR count). The van der Waals surface area contributed by atoms with Crippen LogP contribution in [0, 0.1) is 0 Å². The predicted molar refractivity (Wildman–Crippen MR) is 52.0 cm³/mol. The van der Waals surface area contributed by atoms with Crippen molar-refractivity contribution in [3.8, 4) is 0 Å². The Morgan fingerprint density at radius 3 is 2.43 bits per heavy atom. The molecule has 0 unspecified atom stereocenters. The first-order valence-corrected chi connectivity index (χ1v) is 4.41. The highest BCUT2D eigenvalue weighted by atomic mass is 35.5. The van der Waals surface area contributed by atoms with Crippen LogP contribution in [0.5, 0.6) is 0 Å². The van der Waals surface area contributed by atoms with Crippen molar-refractivity contribution < 1.29 is 14.6 Å². The quantitative estimate of drug-likeness (QED) is 0.723. The van der Waals surface area contributed by atoms with E-state index in [4.69, 9.17) is 11.6 Å². The number of benzene rings is 1. The molecule has 1 N–H and O–H groups in total. The van der Waals surface area contributed by atoms with Gasteiger partial charge in [0.1, 0.15) is 17.9 Å². The van der Waals surface area contributed by atoms with Crippen LogP contribution in [0.2, 0.25) is 5.02 Å². The van der Waals surface area contributed by atoms with E-state index in [0.29, 0.717) is 10.6 Å². The first-order chi connectivity index (χ1) is 6.68. The Balaban J connectivity index is 2.44. The van der Waals surface area contributed by atoms with Gasteiger partial charge in [-0.05, 0) is 17.7 Å². The molecule has 0 radical (unpaired) electrons. The Labute approximate surface area is 85.6 Å². The Morgan fingerprint density at radius 1 is 1.29 bits per heavy atom. The van der Waals surface area contributed by atoms with E-state index < -0.39 is 5.97 Å². The van der Waals surface area contributed by atoms with Crippen LogP contribution >= 0.6 is 11.6 Å². The maximum absolute atomic E-state index is 11.2. The number of halogens is 1. The van der Waals surface area contributed by atoms with Gasteiger partial charge >= 0.3 is 5.97 Å². The van der Waals surface area contributed by atoms with Crippen molar-refractivity contribution >= 4 is 23.1 Å². The van der Waals surface area contributed by atoms with E-state index >= 15 is 0 Å². The van der Waals surface area contributed by atoms with Crippen LogP contribution < -0.4 is 0 Å². The summed E-state index contributed by atoms with van der Waals surface area (Å²) in [6.45, 7) is -0.0448. The van der Waals surface area contributed by atoms with Crippen LogP contribution in [0.1, 0.15) is 5.56 Å². The number of aliphatic hydroxyl groups excluding tert-OH is 1. The second-order valence-corrected chi connectivity index (χ2v) is 3.34. The number of carbonyl (C=O) groups excluding carboxylic acids is 1. The summed E-state index contributed by atoms with van der Waals surface area (Å²) >= 11 is 5.70. The molecule has 0 atom stereocenters. The minimum atomic E-state index is -0.496. The molecule has 0 fully saturated rings. The SMILES string of the molecule is O=C1OCC(O)=C1c1ccc(Cl)cc1. The normalized spacial score (nSPS) is 15.9. The van der Waals surface area contributed by atoms with Crippen molar-refractivity contribution in [1.82, 2.24) is 0 Å². The number of hydrogen-bond donors (Lipinski definition) is 1. The molecule has 0 bridgehead atoms. The van der Waals surface area contributed by atoms with Crippen molar-refractivity contribution in [3.05, 3.63) is 40.6 Å². The van der Waals surface area contributed by atoms with Crippen molar-refractivity contribution in [2.45, 2.75) is 0 Å². The minimum Gasteiger partial charge on any atom is -0.508 e. The molecule has 0 saturated carbocycles. The molecule has 0 aromatic heterocycles. The lowest BCUT2D eigenvalue weighted by Gasteiger charge is -1.99. The van der Waals surface area contributed by atoms with E-state index in [1.807, 2.05) is 0 Å². The summed E-state index contributed by atoms with van der Waals surface area (Å²) in [5.41, 5.74) is 0.844. The van der Waals surface area contributed by atoms with Crippen LogP contribution in [0.3, 0.4) is 0 Å². The van der Waals surface area contributed by atoms with E-state index in [1.165, 1.54) is 0 Å². The highest BCUT2D eigenvalue weighted by Crippen LogP contribution is 2.25. The Morgan fingerprint density at radius 2 is 1.93 bits per heavy atom. The van der Waals surface area contributed by atoms with E-state index in [1.54, 1.807) is 24.3 Å². The summed E-state index contributed by atoms with van der Waals surface area (Å²) in [4.78, 5) is 11.2. The van der Waals surface area contributed by atoms with Crippen molar-refractivity contribution in [2.75, 3.05) is 6.61 Å². The van der Waals surface area contributed by atoms with Gasteiger partial charge in [0.15, 0.2) is 0 Å². The van der Waals surface area contributed by atoms with Crippen molar-refractivity contribution in [2.24, 2.45) is 0 Å². The molecule has 0 spiro atoms. The van der Waals surface area contributed by atoms with Crippen molar-refractivity contribution in [3.63, 3.8) is 0 Å². The highest BCUT2D eigenvalue weighted by molar-refractivity contribution is 6.30. The van der Waals surface area contributed by atoms with E-state index in [2.05, 4.69) is 4.74 Å². The van der Waals surface area contributed by atoms with Crippen LogP contribution in [0.15, 0.2) is 30.0 Å². The monoisotopic (exact) mass is 210 g/mol. The molecule has 1 aliphatic rings. The standard InChI is InChI=1S/C10H7ClO3/c11-7-3-1-6(2-4-7)9-8(12)5-14-10(9)13/h1-4,12H,5H2. The number of hydrogen-bond acceptors (Lipinski definition) is 3. The van der Waals surface area contributed by atoms with Gasteiger partial charge < -0.3 is 9.84 Å². The zero-order chi connectivity index (χ0) is 10.1. The Hall–Kier alpha value is -1.48. The van der Waals surface area contributed by atoms with Gasteiger partial charge in [-0.2, -0.15) is 0 Å². The summed E-state index contributed by atoms with van der Waals surface area (Å²) in [6, 6.07) is 6.65. The molecule has 0 saturated heterocycles. The molecule has 14 heavy (non-hydrogen) atoms. The lowest BCUT2D eigenvalue weighted by atomic mass is 10.1. The molecule has 1 aliphatic heterocycles. The summed E-state index contributed by atoms with van der Waals surface area (Å²) in [5, 5.41) is 9.97. The molecule has 1 aromatic carbocycles. The first kappa shape index (κ1) is 9.09. The molecule has 1 heterocycles. The fraction of sp³-hybridized carbons (Fsp3) is 0.100. The number of ether oxygens (including phenoxy) is 1. The maximum atomic E-state index is 11.2. The molecular formula is C10H7ClO3. The number of aliphatic hydroxyl groups is 1. The van der Waals surface area contributed by atoms with Crippen LogP contribution in [0.25, 0.3) is 5.57 Å². The number of rotatable bonds is 1. The largest absolute Gasteiger partial charge is 0.508 e. The summed E-state index contributed by atoms with van der Waals surface area (Å²) < 4.78 is 4.67. The van der Waals surface area contributed by atoms with Gasteiger partial charge in [0.2, 0.25) is 0 Å². The molecule has 4 heteroatoms. The third-order valence-electron chi connectivity index (χ3n) is 1.97. The predicted octanol–water partition coefficient (Wildman–Crippen LogP) is 2.17. The molecule has 0 aliphatic carbocycles. The van der Waals surface area contributed by atoms with Gasteiger partial charge in [-0.3, -0.25) is 0 Å². The van der Waals surface area contributed by atoms with Gasteiger partial charge in [-0.15, -0.1) is 0 Å². The lowest BCUT2D eigenvalue weighted by molar-refractivity contribution is -0.134. The lowest BCUT2D eigenvalue weighted by Crippen LogP contribution is -1.98. The van der Waals surface area contributed by atoms with Gasteiger partial charge in [0, 0.05) is 5.02 Å². The average Bonchev–Trinajstić information content (AvgIpc) is 2.49. The van der Waals surface area contributed by atoms with E-state index in [9.17, 15) is 9.90 Å². The minimum absolute atomic E-state index is 0.0303. The van der Waals surface area contributed by atoms with E-state index in [0.717, 1.165) is 0 Å². The second kappa shape index (κ2) is 3.35. The number of carbonyl (C=O) groups is 1. The fourth-order valence-corrected chi connectivity index (χ4v) is 1.42. The molecular weight excluding hydrogens is 204 g/mol. The molecule has 3 nitrogen and oxygen atoms in total. The van der Waals surface area contributed by atoms with Crippen LogP contribution in [-0.4, -0.2) is 17.7 Å². The summed E-state index contributed by atoms with van der Waals surface area (Å²) in [5.74, 6) is -0.526. The molecule has 0 amide bonds. The average molecular weight is 211 g/mol. The third kappa shape index (κ3) is 1.46. The van der Waals surface area contributed by atoms with Gasteiger partial charge in [0.05, 0.1) is 0 Å². The summed E-state index contributed by atoms with van der Waals surface area (Å²) in [7, 11) is 0. The fourth-order valence-electron chi connectivity index (χ4n) is 1.30. The second-order valence-electron chi connectivity index (χ2n) is 2.90. The Kier molecular flexibility index (Phi) is 2.17. The maximum Gasteiger partial charge on any atom is 0.342 e. The van der Waals surface area contributed by atoms with Crippen LogP contribution in [-0.2, 0) is 9.53 Å². The highest BCUT2D eigenvalue weighted by Gasteiger charge is 2.25. The summed E-state index contributed by atoms with van der Waals surface area (Å²) in [6.07, 6.45) is 0. The van der Waals surface area contributed by atoms with Crippen LogP contribution in [0.4, 0.5) is 0 Å². The smallest absolute Gasteiger partial charge is 0.342 e. The molecule has 1 aromatic rings. The number of cyclic esters (lactones) is 1. The van der Waals surface area contributed by atoms with E-state index in [-0.39, 0.29) is 17.9 Å². The Bertz CT molecular complexity index is 406. The topological polar surface area (TPSA) is 46.5 Å². The zero-order valence-electron chi connectivity index (χ0n) is 7.16. The van der Waals surface area contributed by atoms with Gasteiger partial charge in [-0.1, -0.05) is 23.7 Å². The van der Waals surface area contributed by atoms with Gasteiger partial charge in [0.25, 0.3) is 0 Å². The zero-order valence-corrected chi connectivity index (χ0v) is 7.91. The molecule has 72 valence electrons. The third-order valence-corrected chi connectivity index (χ3v) is 2.22. The van der Waals surface area contributed by atoms with Crippen molar-refractivity contribution in [1.29, 1.82) is 0 Å². The number of esters is 1. The van der Waals surface area contributed by atoms with Gasteiger partial charge in [-0.25, -0.2) is 4.79 Å².